The van der Waals surface area contributed by atoms with Crippen LogP contribution in [-0.4, -0.2) is 71.3 Å². The van der Waals surface area contributed by atoms with E-state index in [9.17, 15) is 19.5 Å². The summed E-state index contributed by atoms with van der Waals surface area (Å²) in [5.74, 6) is -1.23. The summed E-state index contributed by atoms with van der Waals surface area (Å²) in [6.07, 6.45) is -0.663. The molecule has 0 aliphatic heterocycles. The Bertz CT molecular complexity index is 729. The second-order valence-electron chi connectivity index (χ2n) is 8.85. The standard InChI is InChI=1S/C23H36N2O6/c1-16(2)19(21(28)30-15-17-11-9-8-10-12-17)25(7)20(27)18(13-14-26)24(6)22(29)31-23(3,4)5/h8-12,16,18-19,26H,13-15H2,1-7H3/t18-,19-/m0/s1. The van der Waals surface area contributed by atoms with E-state index in [0.717, 1.165) is 10.5 Å². The highest BCUT2D eigenvalue weighted by atomic mass is 16.6. The lowest BCUT2D eigenvalue weighted by Crippen LogP contribution is -2.55. The number of hydrogen-bond donors (Lipinski definition) is 1. The van der Waals surface area contributed by atoms with Crippen LogP contribution in [0.5, 0.6) is 0 Å². The lowest BCUT2D eigenvalue weighted by molar-refractivity contribution is -0.158. The zero-order chi connectivity index (χ0) is 23.8. The maximum atomic E-state index is 13.2. The third-order valence-corrected chi connectivity index (χ3v) is 4.70. The summed E-state index contributed by atoms with van der Waals surface area (Å²) in [6.45, 7) is 8.61. The monoisotopic (exact) mass is 436 g/mol. The number of benzene rings is 1. The number of rotatable bonds is 9. The van der Waals surface area contributed by atoms with Crippen LogP contribution in [-0.2, 0) is 25.7 Å². The van der Waals surface area contributed by atoms with Gasteiger partial charge in [0, 0.05) is 27.1 Å². The molecule has 2 amide bonds. The lowest BCUT2D eigenvalue weighted by Gasteiger charge is -2.35. The molecule has 2 atom stereocenters. The highest BCUT2D eigenvalue weighted by Gasteiger charge is 2.37. The normalized spacial score (nSPS) is 13.3. The quantitative estimate of drug-likeness (QED) is 0.598. The van der Waals surface area contributed by atoms with E-state index in [4.69, 9.17) is 9.47 Å². The van der Waals surface area contributed by atoms with Crippen molar-refractivity contribution in [3.63, 3.8) is 0 Å². The van der Waals surface area contributed by atoms with E-state index in [0.29, 0.717) is 0 Å². The van der Waals surface area contributed by atoms with E-state index in [1.807, 2.05) is 44.2 Å². The summed E-state index contributed by atoms with van der Waals surface area (Å²) in [5.41, 5.74) is 0.112. The number of carbonyl (C=O) groups is 3. The van der Waals surface area contributed by atoms with Gasteiger partial charge in [-0.05, 0) is 32.3 Å². The van der Waals surface area contributed by atoms with E-state index in [-0.39, 0.29) is 25.6 Å². The number of aliphatic hydroxyl groups is 1. The van der Waals surface area contributed by atoms with Gasteiger partial charge in [0.1, 0.15) is 24.3 Å². The van der Waals surface area contributed by atoms with Crippen LogP contribution in [0.1, 0.15) is 46.6 Å². The second-order valence-corrected chi connectivity index (χ2v) is 8.85. The fourth-order valence-electron chi connectivity index (χ4n) is 3.13. The summed E-state index contributed by atoms with van der Waals surface area (Å²) < 4.78 is 10.8. The Morgan fingerprint density at radius 2 is 1.61 bits per heavy atom. The van der Waals surface area contributed by atoms with Crippen molar-refractivity contribution in [1.82, 2.24) is 9.80 Å². The van der Waals surface area contributed by atoms with Gasteiger partial charge in [0.05, 0.1) is 0 Å². The van der Waals surface area contributed by atoms with Crippen molar-refractivity contribution in [2.75, 3.05) is 20.7 Å². The first-order valence-electron chi connectivity index (χ1n) is 10.4. The van der Waals surface area contributed by atoms with Gasteiger partial charge in [-0.2, -0.15) is 0 Å². The van der Waals surface area contributed by atoms with Gasteiger partial charge in [0.25, 0.3) is 0 Å². The number of nitrogens with zero attached hydrogens (tertiary/aromatic N) is 2. The first kappa shape index (κ1) is 26.4. The zero-order valence-electron chi connectivity index (χ0n) is 19.6. The third-order valence-electron chi connectivity index (χ3n) is 4.70. The molecule has 0 spiro atoms. The largest absolute Gasteiger partial charge is 0.459 e. The molecule has 8 nitrogen and oxygen atoms in total. The molecule has 174 valence electrons. The fourth-order valence-corrected chi connectivity index (χ4v) is 3.13. The van der Waals surface area contributed by atoms with E-state index in [1.54, 1.807) is 20.8 Å². The van der Waals surface area contributed by atoms with Crippen LogP contribution in [0.25, 0.3) is 0 Å². The molecule has 1 aromatic carbocycles. The number of amides is 2. The van der Waals surface area contributed by atoms with Crippen molar-refractivity contribution in [3.8, 4) is 0 Å². The topological polar surface area (TPSA) is 96.4 Å². The Hall–Kier alpha value is -2.61. The average molecular weight is 437 g/mol. The lowest BCUT2D eigenvalue weighted by atomic mass is 10.0. The Labute approximate surface area is 185 Å². The average Bonchev–Trinajstić information content (AvgIpc) is 2.68. The Morgan fingerprint density at radius 1 is 1.03 bits per heavy atom. The van der Waals surface area contributed by atoms with Gasteiger partial charge in [0.2, 0.25) is 5.91 Å². The van der Waals surface area contributed by atoms with E-state index >= 15 is 0 Å². The highest BCUT2D eigenvalue weighted by Crippen LogP contribution is 2.18. The Morgan fingerprint density at radius 3 is 2.10 bits per heavy atom. The van der Waals surface area contributed by atoms with Gasteiger partial charge in [-0.3, -0.25) is 9.69 Å². The fraction of sp³-hybridized carbons (Fsp3) is 0.609. The van der Waals surface area contributed by atoms with Crippen LogP contribution in [0.2, 0.25) is 0 Å². The highest BCUT2D eigenvalue weighted by molar-refractivity contribution is 5.89. The molecule has 0 fully saturated rings. The molecule has 0 heterocycles. The molecule has 0 unspecified atom stereocenters. The molecular formula is C23H36N2O6. The minimum Gasteiger partial charge on any atom is -0.459 e. The number of carbonyl (C=O) groups excluding carboxylic acids is 3. The van der Waals surface area contributed by atoms with Crippen LogP contribution in [0.3, 0.4) is 0 Å². The van der Waals surface area contributed by atoms with Gasteiger partial charge in [0.15, 0.2) is 0 Å². The van der Waals surface area contributed by atoms with Gasteiger partial charge in [-0.25, -0.2) is 9.59 Å². The maximum absolute atomic E-state index is 13.2. The van der Waals surface area contributed by atoms with Crippen LogP contribution in [0, 0.1) is 5.92 Å². The maximum Gasteiger partial charge on any atom is 0.410 e. The summed E-state index contributed by atoms with van der Waals surface area (Å²) >= 11 is 0. The number of hydrogen-bond acceptors (Lipinski definition) is 6. The van der Waals surface area contributed by atoms with Gasteiger partial charge >= 0.3 is 12.1 Å². The summed E-state index contributed by atoms with van der Waals surface area (Å²) in [6, 6.07) is 7.45. The molecule has 31 heavy (non-hydrogen) atoms. The first-order valence-corrected chi connectivity index (χ1v) is 10.4. The van der Waals surface area contributed by atoms with E-state index in [2.05, 4.69) is 0 Å². The van der Waals surface area contributed by atoms with Crippen molar-refractivity contribution in [2.24, 2.45) is 5.92 Å². The number of aliphatic hydroxyl groups excluding tert-OH is 1. The van der Waals surface area contributed by atoms with Gasteiger partial charge in [-0.15, -0.1) is 0 Å². The van der Waals surface area contributed by atoms with Crippen LogP contribution in [0.15, 0.2) is 30.3 Å². The Balaban J connectivity index is 2.97. The molecule has 0 aromatic heterocycles. The summed E-state index contributed by atoms with van der Waals surface area (Å²) in [4.78, 5) is 40.9. The molecule has 1 aromatic rings. The minimum absolute atomic E-state index is 0.0167. The number of esters is 1. The molecule has 0 aliphatic carbocycles. The van der Waals surface area contributed by atoms with Crippen molar-refractivity contribution in [2.45, 2.75) is 65.3 Å². The predicted octanol–water partition coefficient (Wildman–Crippen LogP) is 2.83. The molecule has 0 bridgehead atoms. The first-order chi connectivity index (χ1) is 14.4. The van der Waals surface area contributed by atoms with Crippen LogP contribution >= 0.6 is 0 Å². The number of ether oxygens (including phenoxy) is 2. The SMILES string of the molecule is CC(C)[C@@H](C(=O)OCc1ccccc1)N(C)C(=O)[C@H](CCO)N(C)C(=O)OC(C)(C)C. The zero-order valence-corrected chi connectivity index (χ0v) is 19.6. The molecular weight excluding hydrogens is 400 g/mol. The van der Waals surface area contributed by atoms with Crippen LogP contribution < -0.4 is 0 Å². The smallest absolute Gasteiger partial charge is 0.410 e. The van der Waals surface area contributed by atoms with Crippen LogP contribution in [0.4, 0.5) is 4.79 Å². The molecule has 0 radical (unpaired) electrons. The second kappa shape index (κ2) is 11.7. The molecule has 1 N–H and O–H groups in total. The van der Waals surface area contributed by atoms with Crippen molar-refractivity contribution in [1.29, 1.82) is 0 Å². The molecule has 0 aliphatic rings. The van der Waals surface area contributed by atoms with Crippen molar-refractivity contribution in [3.05, 3.63) is 35.9 Å². The Kier molecular flexibility index (Phi) is 9.97. The van der Waals surface area contributed by atoms with Crippen molar-refractivity contribution < 1.29 is 29.0 Å². The molecule has 1 rings (SSSR count). The van der Waals surface area contributed by atoms with E-state index in [1.165, 1.54) is 19.0 Å². The minimum atomic E-state index is -0.979. The van der Waals surface area contributed by atoms with E-state index < -0.39 is 35.7 Å². The molecule has 8 heteroatoms. The molecule has 0 saturated carbocycles. The van der Waals surface area contributed by atoms with Crippen molar-refractivity contribution >= 4 is 18.0 Å². The number of likely N-dealkylation sites (N-methyl/N-ethyl adjacent to an activating group) is 2. The summed E-state index contributed by atoms with van der Waals surface area (Å²) in [5, 5.41) is 9.46. The van der Waals surface area contributed by atoms with Gasteiger partial charge < -0.3 is 19.5 Å². The third kappa shape index (κ3) is 8.20. The predicted molar refractivity (Wildman–Crippen MR) is 117 cm³/mol. The summed E-state index contributed by atoms with van der Waals surface area (Å²) in [7, 11) is 2.95. The molecule has 0 saturated heterocycles. The van der Waals surface area contributed by atoms with Gasteiger partial charge in [-0.1, -0.05) is 44.2 Å².